The van der Waals surface area contributed by atoms with Crippen molar-refractivity contribution < 1.29 is 4.74 Å². The highest BCUT2D eigenvalue weighted by atomic mass is 16.6. The molecule has 1 rings (SSSR count). The van der Waals surface area contributed by atoms with Crippen molar-refractivity contribution in [3.8, 4) is 0 Å². The maximum Gasteiger partial charge on any atom is 0.0810 e. The summed E-state index contributed by atoms with van der Waals surface area (Å²) in [6.07, 6.45) is 4.12. The zero-order chi connectivity index (χ0) is 5.11. The van der Waals surface area contributed by atoms with E-state index in [1.54, 1.807) is 0 Å². The third kappa shape index (κ3) is 1.93. The minimum absolute atomic E-state index is 0.613. The van der Waals surface area contributed by atoms with Crippen molar-refractivity contribution in [2.24, 2.45) is 0 Å². The van der Waals surface area contributed by atoms with Crippen molar-refractivity contribution in [3.63, 3.8) is 0 Å². The summed E-state index contributed by atoms with van der Waals surface area (Å²) < 4.78 is 4.98. The molecule has 1 atom stereocenters. The highest BCUT2D eigenvalue weighted by Crippen LogP contribution is 2.15. The molecule has 1 saturated heterocycles. The van der Waals surface area contributed by atoms with Crippen molar-refractivity contribution in [1.82, 2.24) is 0 Å². The molecule has 0 aromatic rings. The minimum atomic E-state index is 0.613. The fourth-order valence-electron chi connectivity index (χ4n) is 0.607. The van der Waals surface area contributed by atoms with E-state index in [1.165, 1.54) is 12.8 Å². The smallest absolute Gasteiger partial charge is 0.0810 e. The van der Waals surface area contributed by atoms with Crippen LogP contribution in [0.25, 0.3) is 0 Å². The Balaban J connectivity index is 1.80. The average Bonchev–Trinajstić information content (AvgIpc) is 2.42. The van der Waals surface area contributed by atoms with Crippen LogP contribution in [0, 0.1) is 6.92 Å². The van der Waals surface area contributed by atoms with E-state index < -0.39 is 0 Å². The van der Waals surface area contributed by atoms with Gasteiger partial charge in [0.15, 0.2) is 0 Å². The zero-order valence-corrected chi connectivity index (χ0v) is 4.52. The number of hydrogen-bond donors (Lipinski definition) is 0. The largest absolute Gasteiger partial charge is 0.373 e. The van der Waals surface area contributed by atoms with Crippen LogP contribution in [0.2, 0.25) is 0 Å². The molecule has 41 valence electrons. The summed E-state index contributed by atoms with van der Waals surface area (Å²) in [6, 6.07) is 0. The van der Waals surface area contributed by atoms with Crippen molar-refractivity contribution in [1.29, 1.82) is 0 Å². The van der Waals surface area contributed by atoms with Crippen LogP contribution in [0.5, 0.6) is 0 Å². The van der Waals surface area contributed by atoms with Crippen LogP contribution in [0.1, 0.15) is 19.3 Å². The van der Waals surface area contributed by atoms with Crippen LogP contribution in [0.15, 0.2) is 0 Å². The first-order chi connectivity index (χ1) is 3.43. The van der Waals surface area contributed by atoms with E-state index >= 15 is 0 Å². The highest BCUT2D eigenvalue weighted by Gasteiger charge is 2.20. The lowest BCUT2D eigenvalue weighted by Gasteiger charge is -1.86. The molecule has 1 heteroatoms. The maximum atomic E-state index is 4.98. The molecule has 0 bridgehead atoms. The summed E-state index contributed by atoms with van der Waals surface area (Å²) in [5, 5.41) is 0. The van der Waals surface area contributed by atoms with Crippen molar-refractivity contribution in [2.45, 2.75) is 25.4 Å². The molecule has 0 N–H and O–H groups in total. The number of hydrogen-bond acceptors (Lipinski definition) is 1. The molecule has 1 radical (unpaired) electrons. The third-order valence-electron chi connectivity index (χ3n) is 1.18. The normalized spacial score (nSPS) is 27.9. The summed E-state index contributed by atoms with van der Waals surface area (Å²) in [4.78, 5) is 0. The molecule has 0 amide bonds. The standard InChI is InChI=1S/C6H11O/c1-2-3-4-6-5-7-6/h6H,1-5H2/t6-/m1/s1. The van der Waals surface area contributed by atoms with Crippen LogP contribution in [-0.2, 0) is 4.74 Å². The fourth-order valence-corrected chi connectivity index (χ4v) is 0.607. The molecule has 1 fully saturated rings. The quantitative estimate of drug-likeness (QED) is 0.487. The van der Waals surface area contributed by atoms with E-state index in [0.717, 1.165) is 13.0 Å². The van der Waals surface area contributed by atoms with E-state index in [4.69, 9.17) is 4.74 Å². The van der Waals surface area contributed by atoms with Crippen molar-refractivity contribution in [3.05, 3.63) is 6.92 Å². The second-order valence-electron chi connectivity index (χ2n) is 1.95. The topological polar surface area (TPSA) is 12.5 Å². The Hall–Kier alpha value is -0.0400. The van der Waals surface area contributed by atoms with Gasteiger partial charge in [0.1, 0.15) is 0 Å². The lowest BCUT2D eigenvalue weighted by molar-refractivity contribution is 0.392. The fraction of sp³-hybridized carbons (Fsp3) is 0.833. The molecule has 1 heterocycles. The summed E-state index contributed by atoms with van der Waals surface area (Å²) in [7, 11) is 0. The monoisotopic (exact) mass is 99.1 g/mol. The van der Waals surface area contributed by atoms with E-state index in [2.05, 4.69) is 6.92 Å². The Morgan fingerprint density at radius 3 is 2.86 bits per heavy atom. The molecular weight excluding hydrogens is 88.1 g/mol. The molecule has 0 aromatic heterocycles. The lowest BCUT2D eigenvalue weighted by Crippen LogP contribution is -1.81. The number of unbranched alkanes of at least 4 members (excludes halogenated alkanes) is 1. The number of rotatable bonds is 3. The second-order valence-corrected chi connectivity index (χ2v) is 1.95. The zero-order valence-electron chi connectivity index (χ0n) is 4.52. The molecule has 0 aliphatic carbocycles. The van der Waals surface area contributed by atoms with Gasteiger partial charge in [-0.25, -0.2) is 0 Å². The van der Waals surface area contributed by atoms with Gasteiger partial charge in [0.05, 0.1) is 12.7 Å². The first-order valence-electron chi connectivity index (χ1n) is 2.84. The SMILES string of the molecule is [CH2]CCC[C@@H]1CO1. The molecule has 0 unspecified atom stereocenters. The lowest BCUT2D eigenvalue weighted by atomic mass is 10.2. The Bertz CT molecular complexity index is 48.1. The maximum absolute atomic E-state index is 4.98. The summed E-state index contributed by atoms with van der Waals surface area (Å²) in [5.74, 6) is 0. The van der Waals surface area contributed by atoms with E-state index in [-0.39, 0.29) is 0 Å². The Morgan fingerprint density at radius 2 is 2.43 bits per heavy atom. The van der Waals surface area contributed by atoms with Crippen molar-refractivity contribution >= 4 is 0 Å². The van der Waals surface area contributed by atoms with Gasteiger partial charge in [-0.2, -0.15) is 0 Å². The van der Waals surface area contributed by atoms with Gasteiger partial charge < -0.3 is 4.74 Å². The second kappa shape index (κ2) is 2.31. The van der Waals surface area contributed by atoms with Crippen LogP contribution in [-0.4, -0.2) is 12.7 Å². The first kappa shape index (κ1) is 5.10. The van der Waals surface area contributed by atoms with Gasteiger partial charge in [-0.3, -0.25) is 0 Å². The van der Waals surface area contributed by atoms with E-state index in [1.807, 2.05) is 0 Å². The van der Waals surface area contributed by atoms with Gasteiger partial charge in [-0.05, 0) is 6.42 Å². The molecule has 0 saturated carbocycles. The molecule has 0 spiro atoms. The minimum Gasteiger partial charge on any atom is -0.373 e. The highest BCUT2D eigenvalue weighted by molar-refractivity contribution is 4.68. The van der Waals surface area contributed by atoms with Crippen molar-refractivity contribution in [2.75, 3.05) is 6.61 Å². The van der Waals surface area contributed by atoms with Crippen LogP contribution in [0.4, 0.5) is 0 Å². The number of ether oxygens (including phenoxy) is 1. The molecule has 1 aliphatic rings. The van der Waals surface area contributed by atoms with Gasteiger partial charge in [0.25, 0.3) is 0 Å². The molecule has 0 aromatic carbocycles. The van der Waals surface area contributed by atoms with Gasteiger partial charge >= 0.3 is 0 Å². The predicted octanol–water partition coefficient (Wildman–Crippen LogP) is 1.39. The Morgan fingerprint density at radius 1 is 1.71 bits per heavy atom. The Labute approximate surface area is 44.7 Å². The van der Waals surface area contributed by atoms with E-state index in [9.17, 15) is 0 Å². The summed E-state index contributed by atoms with van der Waals surface area (Å²) in [5.41, 5.74) is 0. The molecule has 1 nitrogen and oxygen atoms in total. The Kier molecular flexibility index (Phi) is 1.69. The summed E-state index contributed by atoms with van der Waals surface area (Å²) in [6.45, 7) is 4.73. The molecule has 1 aliphatic heterocycles. The van der Waals surface area contributed by atoms with Gasteiger partial charge in [-0.1, -0.05) is 19.8 Å². The predicted molar refractivity (Wildman–Crippen MR) is 28.9 cm³/mol. The first-order valence-corrected chi connectivity index (χ1v) is 2.84. The molecule has 7 heavy (non-hydrogen) atoms. The van der Waals surface area contributed by atoms with Gasteiger partial charge in [0, 0.05) is 0 Å². The van der Waals surface area contributed by atoms with Crippen LogP contribution in [0.3, 0.4) is 0 Å². The van der Waals surface area contributed by atoms with Crippen LogP contribution < -0.4 is 0 Å². The summed E-state index contributed by atoms with van der Waals surface area (Å²) >= 11 is 0. The van der Waals surface area contributed by atoms with Gasteiger partial charge in [-0.15, -0.1) is 0 Å². The third-order valence-corrected chi connectivity index (χ3v) is 1.18. The van der Waals surface area contributed by atoms with E-state index in [0.29, 0.717) is 6.10 Å². The van der Waals surface area contributed by atoms with Crippen LogP contribution >= 0.6 is 0 Å². The van der Waals surface area contributed by atoms with Gasteiger partial charge in [0.2, 0.25) is 0 Å². The number of epoxide rings is 1. The average molecular weight is 99.2 g/mol. The molecular formula is C6H11O.